The number of ether oxygens (including phenoxy) is 2. The highest BCUT2D eigenvalue weighted by Gasteiger charge is 2.24. The number of benzene rings is 2. The minimum Gasteiger partial charge on any atom is -0.490 e. The van der Waals surface area contributed by atoms with Gasteiger partial charge in [-0.25, -0.2) is 0 Å². The van der Waals surface area contributed by atoms with Gasteiger partial charge in [0.2, 0.25) is 0 Å². The Balaban J connectivity index is 2.01. The summed E-state index contributed by atoms with van der Waals surface area (Å²) in [5.41, 5.74) is 2.35. The number of aliphatic hydroxyl groups excluding tert-OH is 2. The van der Waals surface area contributed by atoms with Crippen molar-refractivity contribution in [3.05, 3.63) is 84.0 Å². The van der Waals surface area contributed by atoms with Gasteiger partial charge in [-0.1, -0.05) is 51.3 Å². The summed E-state index contributed by atoms with van der Waals surface area (Å²) >= 11 is 0. The average molecular weight is 453 g/mol. The zero-order valence-corrected chi connectivity index (χ0v) is 19.6. The number of carbonyl (C=O) groups is 2. The lowest BCUT2D eigenvalue weighted by Gasteiger charge is -2.26. The fourth-order valence-corrected chi connectivity index (χ4v) is 3.17. The van der Waals surface area contributed by atoms with Crippen molar-refractivity contribution < 1.29 is 29.3 Å². The Hall–Kier alpha value is -3.22. The lowest BCUT2D eigenvalue weighted by molar-refractivity contribution is -0.125. The van der Waals surface area contributed by atoms with Crippen LogP contribution in [0, 0.1) is 0 Å². The highest BCUT2D eigenvalue weighted by Crippen LogP contribution is 2.33. The standard InChI is InChI=1S/C27H32O6/c1-17(2)25(30)23(28)15-32-21-11-7-19(8-12-21)27(5,6)20-9-13-22(14-10-20)33-16-24(29)26(31)18(3)4/h7-14,23-24,28-29H,1,3,15-16H2,2,4-6H3. The largest absolute Gasteiger partial charge is 0.490 e. The van der Waals surface area contributed by atoms with Gasteiger partial charge >= 0.3 is 0 Å². The first-order valence-corrected chi connectivity index (χ1v) is 10.7. The van der Waals surface area contributed by atoms with E-state index in [-0.39, 0.29) is 29.8 Å². The van der Waals surface area contributed by atoms with E-state index in [0.717, 1.165) is 11.1 Å². The number of carbonyl (C=O) groups excluding carboxylic acids is 2. The molecule has 0 radical (unpaired) electrons. The quantitative estimate of drug-likeness (QED) is 0.476. The SMILES string of the molecule is C=C(C)C(=O)C(O)COc1ccc(C(C)(C)c2ccc(OCC(O)C(=O)C(=C)C)cc2)cc1. The van der Waals surface area contributed by atoms with Gasteiger partial charge in [0.15, 0.2) is 23.8 Å². The molecule has 0 heterocycles. The molecule has 0 aromatic heterocycles. The monoisotopic (exact) mass is 452 g/mol. The Bertz CT molecular complexity index is 920. The van der Waals surface area contributed by atoms with Crippen molar-refractivity contribution in [2.24, 2.45) is 0 Å². The van der Waals surface area contributed by atoms with E-state index in [1.165, 1.54) is 0 Å². The van der Waals surface area contributed by atoms with Crippen LogP contribution in [0.25, 0.3) is 0 Å². The molecule has 2 aromatic rings. The van der Waals surface area contributed by atoms with Crippen molar-refractivity contribution in [2.75, 3.05) is 13.2 Å². The Morgan fingerprint density at radius 3 is 1.33 bits per heavy atom. The second kappa shape index (κ2) is 11.1. The maximum absolute atomic E-state index is 11.7. The van der Waals surface area contributed by atoms with Gasteiger partial charge in [-0.3, -0.25) is 9.59 Å². The van der Waals surface area contributed by atoms with Gasteiger partial charge in [0.25, 0.3) is 0 Å². The Labute approximate surface area is 195 Å². The minimum absolute atomic E-state index is 0.136. The third-order valence-electron chi connectivity index (χ3n) is 5.41. The molecule has 2 unspecified atom stereocenters. The topological polar surface area (TPSA) is 93.1 Å². The van der Waals surface area contributed by atoms with E-state index in [0.29, 0.717) is 11.5 Å². The van der Waals surface area contributed by atoms with E-state index in [2.05, 4.69) is 27.0 Å². The van der Waals surface area contributed by atoms with Crippen molar-refractivity contribution in [3.63, 3.8) is 0 Å². The van der Waals surface area contributed by atoms with Crippen molar-refractivity contribution in [3.8, 4) is 11.5 Å². The van der Waals surface area contributed by atoms with E-state index >= 15 is 0 Å². The summed E-state index contributed by atoms with van der Waals surface area (Å²) in [6.07, 6.45) is -2.47. The number of hydrogen-bond acceptors (Lipinski definition) is 6. The molecule has 2 atom stereocenters. The normalized spacial score (nSPS) is 13.0. The molecule has 0 bridgehead atoms. The second-order valence-electron chi connectivity index (χ2n) is 8.62. The summed E-state index contributed by atoms with van der Waals surface area (Å²) in [7, 11) is 0. The molecule has 33 heavy (non-hydrogen) atoms. The van der Waals surface area contributed by atoms with Gasteiger partial charge in [-0.2, -0.15) is 0 Å². The van der Waals surface area contributed by atoms with Crippen LogP contribution >= 0.6 is 0 Å². The third-order valence-corrected chi connectivity index (χ3v) is 5.41. The molecule has 2 N–H and O–H groups in total. The van der Waals surface area contributed by atoms with Gasteiger partial charge in [0, 0.05) is 5.41 Å². The van der Waals surface area contributed by atoms with Gasteiger partial charge in [0.1, 0.15) is 24.7 Å². The van der Waals surface area contributed by atoms with Crippen LogP contribution in [0.3, 0.4) is 0 Å². The predicted octanol–water partition coefficient (Wildman–Crippen LogP) is 3.78. The maximum atomic E-state index is 11.7. The molecular formula is C27H32O6. The summed E-state index contributed by atoms with van der Waals surface area (Å²) in [5, 5.41) is 19.7. The molecule has 0 fully saturated rings. The number of Topliss-reactive ketones (excluding diaryl/α,β-unsaturated/α-hetero) is 2. The van der Waals surface area contributed by atoms with Crippen LogP contribution in [0.2, 0.25) is 0 Å². The minimum atomic E-state index is -1.24. The van der Waals surface area contributed by atoms with Gasteiger partial charge < -0.3 is 19.7 Å². The molecule has 176 valence electrons. The van der Waals surface area contributed by atoms with E-state index < -0.39 is 23.8 Å². The maximum Gasteiger partial charge on any atom is 0.189 e. The van der Waals surface area contributed by atoms with E-state index in [9.17, 15) is 19.8 Å². The second-order valence-corrected chi connectivity index (χ2v) is 8.62. The molecule has 2 aromatic carbocycles. The summed E-state index contributed by atoms with van der Waals surface area (Å²) in [6, 6.07) is 14.9. The fraction of sp³-hybridized carbons (Fsp3) is 0.333. The number of aliphatic hydroxyl groups is 2. The van der Waals surface area contributed by atoms with Crippen LogP contribution in [0.15, 0.2) is 72.8 Å². The van der Waals surface area contributed by atoms with Crippen LogP contribution < -0.4 is 9.47 Å². The van der Waals surface area contributed by atoms with Crippen LogP contribution in [-0.2, 0) is 15.0 Å². The zero-order valence-electron chi connectivity index (χ0n) is 19.6. The summed E-state index contributed by atoms with van der Waals surface area (Å²) in [6.45, 7) is 14.1. The molecule has 0 aliphatic carbocycles. The number of hydrogen-bond donors (Lipinski definition) is 2. The van der Waals surface area contributed by atoms with Crippen LogP contribution in [-0.4, -0.2) is 47.2 Å². The van der Waals surface area contributed by atoms with Crippen LogP contribution in [0.1, 0.15) is 38.8 Å². The molecule has 0 aliphatic rings. The smallest absolute Gasteiger partial charge is 0.189 e. The van der Waals surface area contributed by atoms with Gasteiger partial charge in [-0.05, 0) is 60.4 Å². The van der Waals surface area contributed by atoms with Gasteiger partial charge in [0.05, 0.1) is 0 Å². The molecule has 0 spiro atoms. The Morgan fingerprint density at radius 2 is 1.06 bits per heavy atom. The van der Waals surface area contributed by atoms with Crippen molar-refractivity contribution in [2.45, 2.75) is 45.3 Å². The molecule has 0 amide bonds. The number of rotatable bonds is 12. The van der Waals surface area contributed by atoms with Gasteiger partial charge in [-0.15, -0.1) is 0 Å². The first-order chi connectivity index (χ1) is 15.4. The van der Waals surface area contributed by atoms with Crippen molar-refractivity contribution >= 4 is 11.6 Å². The molecule has 6 nitrogen and oxygen atoms in total. The molecule has 0 saturated heterocycles. The molecule has 0 aliphatic heterocycles. The lowest BCUT2D eigenvalue weighted by atomic mass is 9.78. The first-order valence-electron chi connectivity index (χ1n) is 10.7. The molecule has 6 heteroatoms. The highest BCUT2D eigenvalue weighted by atomic mass is 16.5. The van der Waals surface area contributed by atoms with Crippen LogP contribution in [0.5, 0.6) is 11.5 Å². The number of ketones is 2. The van der Waals surface area contributed by atoms with E-state index in [4.69, 9.17) is 9.47 Å². The molecule has 0 saturated carbocycles. The zero-order chi connectivity index (χ0) is 24.8. The summed E-state index contributed by atoms with van der Waals surface area (Å²) in [4.78, 5) is 23.4. The summed E-state index contributed by atoms with van der Waals surface area (Å²) < 4.78 is 11.1. The molecular weight excluding hydrogens is 420 g/mol. The molecule has 2 rings (SSSR count). The average Bonchev–Trinajstić information content (AvgIpc) is 2.80. The Morgan fingerprint density at radius 1 is 0.758 bits per heavy atom. The fourth-order valence-electron chi connectivity index (χ4n) is 3.17. The van der Waals surface area contributed by atoms with E-state index in [1.54, 1.807) is 38.1 Å². The summed E-state index contributed by atoms with van der Waals surface area (Å²) in [5.74, 6) is 0.235. The van der Waals surface area contributed by atoms with Crippen molar-refractivity contribution in [1.82, 2.24) is 0 Å². The van der Waals surface area contributed by atoms with Crippen LogP contribution in [0.4, 0.5) is 0 Å². The van der Waals surface area contributed by atoms with Crippen molar-refractivity contribution in [1.29, 1.82) is 0 Å². The third kappa shape index (κ3) is 6.88. The first kappa shape index (κ1) is 26.0. The van der Waals surface area contributed by atoms with E-state index in [1.807, 2.05) is 24.3 Å². The highest BCUT2D eigenvalue weighted by molar-refractivity contribution is 5.98. The Kier molecular flexibility index (Phi) is 8.74. The predicted molar refractivity (Wildman–Crippen MR) is 128 cm³/mol. The lowest BCUT2D eigenvalue weighted by Crippen LogP contribution is -2.28.